The van der Waals surface area contributed by atoms with Crippen LogP contribution in [0.4, 0.5) is 0 Å². The molecule has 4 rings (SSSR count). The van der Waals surface area contributed by atoms with Crippen LogP contribution in [0, 0.1) is 0 Å². The first kappa shape index (κ1) is 14.6. The summed E-state index contributed by atoms with van der Waals surface area (Å²) in [6, 6.07) is 13.7. The molecule has 0 bridgehead atoms. The topological polar surface area (TPSA) is 30.5 Å². The van der Waals surface area contributed by atoms with Gasteiger partial charge in [0.25, 0.3) is 5.79 Å². The Balaban J connectivity index is 1.72. The van der Waals surface area contributed by atoms with Crippen molar-refractivity contribution >= 4 is 17.2 Å². The zero-order valence-corrected chi connectivity index (χ0v) is 13.7. The highest BCUT2D eigenvalue weighted by molar-refractivity contribution is 6.30. The van der Waals surface area contributed by atoms with Gasteiger partial charge in [0, 0.05) is 29.6 Å². The second kappa shape index (κ2) is 5.59. The predicted octanol–water partition coefficient (Wildman–Crippen LogP) is 4.36. The van der Waals surface area contributed by atoms with E-state index >= 15 is 0 Å². The third kappa shape index (κ3) is 2.60. The molecule has 1 unspecified atom stereocenters. The number of fused-ring (bicyclic) bond motifs is 1. The van der Waals surface area contributed by atoms with Gasteiger partial charge in [-0.1, -0.05) is 29.8 Å². The van der Waals surface area contributed by atoms with Gasteiger partial charge >= 0.3 is 0 Å². The average molecular weight is 328 g/mol. The van der Waals surface area contributed by atoms with Crippen molar-refractivity contribution in [3.05, 3.63) is 64.7 Å². The van der Waals surface area contributed by atoms with Crippen LogP contribution in [0.1, 0.15) is 24.5 Å². The molecule has 23 heavy (non-hydrogen) atoms. The van der Waals surface area contributed by atoms with E-state index in [1.807, 2.05) is 43.3 Å². The zero-order valence-electron chi connectivity index (χ0n) is 12.9. The van der Waals surface area contributed by atoms with Gasteiger partial charge in [-0.15, -0.1) is 0 Å². The summed E-state index contributed by atoms with van der Waals surface area (Å²) in [6.45, 7) is 3.83. The van der Waals surface area contributed by atoms with Crippen LogP contribution in [0.25, 0.3) is 5.57 Å². The van der Waals surface area contributed by atoms with Gasteiger partial charge in [-0.05, 0) is 48.9 Å². The van der Waals surface area contributed by atoms with Crippen molar-refractivity contribution in [1.29, 1.82) is 0 Å². The minimum atomic E-state index is -0.823. The highest BCUT2D eigenvalue weighted by Gasteiger charge is 2.40. The number of halogens is 1. The molecule has 0 saturated heterocycles. The lowest BCUT2D eigenvalue weighted by Gasteiger charge is -2.24. The van der Waals surface area contributed by atoms with Gasteiger partial charge in [0.1, 0.15) is 0 Å². The summed E-state index contributed by atoms with van der Waals surface area (Å²) in [7, 11) is 0. The van der Waals surface area contributed by atoms with Crippen LogP contribution in [0.3, 0.4) is 0 Å². The van der Waals surface area contributed by atoms with Crippen molar-refractivity contribution in [2.45, 2.75) is 19.1 Å². The molecule has 0 aromatic heterocycles. The molecule has 0 spiro atoms. The van der Waals surface area contributed by atoms with Gasteiger partial charge < -0.3 is 14.8 Å². The largest absolute Gasteiger partial charge is 0.445 e. The zero-order chi connectivity index (χ0) is 15.9. The highest BCUT2D eigenvalue weighted by atomic mass is 35.5. The lowest BCUT2D eigenvalue weighted by Crippen LogP contribution is -2.31. The van der Waals surface area contributed by atoms with Gasteiger partial charge in [-0.2, -0.15) is 0 Å². The monoisotopic (exact) mass is 327 g/mol. The van der Waals surface area contributed by atoms with Crippen LogP contribution < -0.4 is 14.8 Å². The first-order chi connectivity index (χ1) is 11.2. The summed E-state index contributed by atoms with van der Waals surface area (Å²) >= 11 is 5.98. The first-order valence-electron chi connectivity index (χ1n) is 7.83. The molecule has 4 heteroatoms. The number of hydrogen-bond acceptors (Lipinski definition) is 3. The van der Waals surface area contributed by atoms with Crippen LogP contribution in [-0.4, -0.2) is 13.1 Å². The summed E-state index contributed by atoms with van der Waals surface area (Å²) in [5.74, 6) is 0.800. The Bertz CT molecular complexity index is 769. The summed E-state index contributed by atoms with van der Waals surface area (Å²) in [5.41, 5.74) is 3.38. The number of benzene rings is 2. The molecule has 3 nitrogen and oxygen atoms in total. The summed E-state index contributed by atoms with van der Waals surface area (Å²) in [5, 5.41) is 4.04. The van der Waals surface area contributed by atoms with Gasteiger partial charge in [0.15, 0.2) is 11.5 Å². The Morgan fingerprint density at radius 3 is 2.65 bits per heavy atom. The average Bonchev–Trinajstić information content (AvgIpc) is 2.93. The van der Waals surface area contributed by atoms with E-state index in [0.29, 0.717) is 5.02 Å². The fourth-order valence-electron chi connectivity index (χ4n) is 3.12. The highest BCUT2D eigenvalue weighted by Crippen LogP contribution is 2.48. The van der Waals surface area contributed by atoms with Crippen LogP contribution in [0.5, 0.6) is 11.5 Å². The summed E-state index contributed by atoms with van der Waals surface area (Å²) in [4.78, 5) is 0. The molecule has 2 aliphatic rings. The molecule has 0 radical (unpaired) electrons. The van der Waals surface area contributed by atoms with E-state index in [2.05, 4.69) is 17.5 Å². The fraction of sp³-hybridized carbons (Fsp3) is 0.263. The third-order valence-corrected chi connectivity index (χ3v) is 4.61. The number of ether oxygens (including phenoxy) is 2. The SMILES string of the molecule is CC1(c2ccc(Cl)cc2)Oc2cccc(C3=CCNCC3)c2O1. The van der Waals surface area contributed by atoms with Gasteiger partial charge in [0.05, 0.1) is 0 Å². The van der Waals surface area contributed by atoms with Crippen molar-refractivity contribution in [3.63, 3.8) is 0 Å². The second-order valence-electron chi connectivity index (χ2n) is 5.97. The van der Waals surface area contributed by atoms with E-state index in [9.17, 15) is 0 Å². The molecule has 2 aromatic rings. The maximum absolute atomic E-state index is 6.28. The molecule has 2 aromatic carbocycles. The van der Waals surface area contributed by atoms with E-state index in [-0.39, 0.29) is 0 Å². The smallest absolute Gasteiger partial charge is 0.275 e. The van der Waals surface area contributed by atoms with Crippen LogP contribution >= 0.6 is 11.6 Å². The molecule has 1 N–H and O–H groups in total. The normalized spacial score (nSPS) is 22.8. The fourth-order valence-corrected chi connectivity index (χ4v) is 3.24. The Kier molecular flexibility index (Phi) is 3.55. The van der Waals surface area contributed by atoms with Crippen molar-refractivity contribution in [1.82, 2.24) is 5.32 Å². The van der Waals surface area contributed by atoms with E-state index in [0.717, 1.165) is 42.1 Å². The first-order valence-corrected chi connectivity index (χ1v) is 8.21. The Morgan fingerprint density at radius 2 is 1.91 bits per heavy atom. The molecule has 0 fully saturated rings. The van der Waals surface area contributed by atoms with E-state index < -0.39 is 5.79 Å². The number of rotatable bonds is 2. The molecule has 1 atom stereocenters. The van der Waals surface area contributed by atoms with E-state index in [4.69, 9.17) is 21.1 Å². The lowest BCUT2D eigenvalue weighted by molar-refractivity contribution is -0.0681. The van der Waals surface area contributed by atoms with Crippen molar-refractivity contribution < 1.29 is 9.47 Å². The summed E-state index contributed by atoms with van der Waals surface area (Å²) < 4.78 is 12.4. The number of para-hydroxylation sites is 1. The Labute approximate surface area is 140 Å². The number of nitrogens with one attached hydrogen (secondary N) is 1. The molecule has 118 valence electrons. The standard InChI is InChI=1S/C19H18ClNO2/c1-19(14-5-7-15(20)8-6-14)22-17-4-2-3-16(18(17)23-19)13-9-11-21-12-10-13/h2-9,21H,10-12H2,1H3. The second-order valence-corrected chi connectivity index (χ2v) is 6.41. The van der Waals surface area contributed by atoms with Crippen molar-refractivity contribution in [2.24, 2.45) is 0 Å². The van der Waals surface area contributed by atoms with Crippen LogP contribution in [0.15, 0.2) is 48.5 Å². The van der Waals surface area contributed by atoms with E-state index in [1.165, 1.54) is 5.57 Å². The molecule has 0 amide bonds. The molecule has 0 saturated carbocycles. The maximum atomic E-state index is 6.28. The van der Waals surface area contributed by atoms with Crippen LogP contribution in [0.2, 0.25) is 5.02 Å². The molecule has 2 heterocycles. The minimum absolute atomic E-state index is 0.702. The number of hydrogen-bond donors (Lipinski definition) is 1. The summed E-state index contributed by atoms with van der Waals surface area (Å²) in [6.07, 6.45) is 3.22. The predicted molar refractivity (Wildman–Crippen MR) is 92.0 cm³/mol. The van der Waals surface area contributed by atoms with Gasteiger partial charge in [-0.3, -0.25) is 0 Å². The molecule has 0 aliphatic carbocycles. The molecular formula is C19H18ClNO2. The van der Waals surface area contributed by atoms with Crippen molar-refractivity contribution in [3.8, 4) is 11.5 Å². The third-order valence-electron chi connectivity index (χ3n) is 4.36. The Morgan fingerprint density at radius 1 is 1.09 bits per heavy atom. The lowest BCUT2D eigenvalue weighted by atomic mass is 9.99. The van der Waals surface area contributed by atoms with Crippen LogP contribution in [-0.2, 0) is 5.79 Å². The minimum Gasteiger partial charge on any atom is -0.445 e. The molecule has 2 aliphatic heterocycles. The quantitative estimate of drug-likeness (QED) is 0.889. The van der Waals surface area contributed by atoms with Gasteiger partial charge in [-0.25, -0.2) is 0 Å². The maximum Gasteiger partial charge on any atom is 0.275 e. The van der Waals surface area contributed by atoms with Crippen molar-refractivity contribution in [2.75, 3.05) is 13.1 Å². The Hall–Kier alpha value is -1.97. The van der Waals surface area contributed by atoms with E-state index in [1.54, 1.807) is 0 Å². The van der Waals surface area contributed by atoms with Gasteiger partial charge in [0.2, 0.25) is 0 Å². The molecular weight excluding hydrogens is 310 g/mol.